The maximum atomic E-state index is 12.5. The highest BCUT2D eigenvalue weighted by Gasteiger charge is 2.09. The zero-order chi connectivity index (χ0) is 26.6. The van der Waals surface area contributed by atoms with Gasteiger partial charge in [0.1, 0.15) is 5.82 Å². The Morgan fingerprint density at radius 3 is 2.65 bits per heavy atom. The molecule has 0 aliphatic heterocycles. The molecule has 2 aromatic heterocycles. The first-order chi connectivity index (χ1) is 17.6. The number of aromatic nitrogens is 2. The number of amides is 1. The third kappa shape index (κ3) is 6.45. The summed E-state index contributed by atoms with van der Waals surface area (Å²) in [6.45, 7) is 6.06. The van der Waals surface area contributed by atoms with Crippen LogP contribution in [-0.2, 0) is 27.6 Å². The van der Waals surface area contributed by atoms with Crippen molar-refractivity contribution in [3.8, 4) is 0 Å². The predicted molar refractivity (Wildman–Crippen MR) is 148 cm³/mol. The molecule has 4 aromatic rings. The van der Waals surface area contributed by atoms with Gasteiger partial charge < -0.3 is 11.1 Å². The van der Waals surface area contributed by atoms with E-state index in [1.807, 2.05) is 30.3 Å². The van der Waals surface area contributed by atoms with Crippen LogP contribution in [0.1, 0.15) is 18.1 Å². The van der Waals surface area contributed by atoms with Gasteiger partial charge in [-0.3, -0.25) is 14.8 Å². The highest BCUT2D eigenvalue weighted by molar-refractivity contribution is 7.90. The number of benzene rings is 2. The van der Waals surface area contributed by atoms with Gasteiger partial charge in [-0.2, -0.15) is 0 Å². The highest BCUT2D eigenvalue weighted by atomic mass is 32.2. The van der Waals surface area contributed by atoms with Crippen LogP contribution in [0, 0.1) is 0 Å². The Morgan fingerprint density at radius 2 is 1.86 bits per heavy atom. The largest absolute Gasteiger partial charge is 0.383 e. The quantitative estimate of drug-likeness (QED) is 0.269. The number of nitrogens with one attached hydrogen (secondary N) is 1. The molecular formula is C28H27N5O3S. The fourth-order valence-corrected chi connectivity index (χ4v) is 4.43. The molecule has 0 radical (unpaired) electrons. The summed E-state index contributed by atoms with van der Waals surface area (Å²) in [6, 6.07) is 14.4. The number of nitrogens with two attached hydrogens (primary N) is 1. The van der Waals surface area contributed by atoms with Crippen LogP contribution < -0.4 is 11.1 Å². The molecular weight excluding hydrogens is 486 g/mol. The summed E-state index contributed by atoms with van der Waals surface area (Å²) >= 11 is 0. The van der Waals surface area contributed by atoms with Crippen LogP contribution in [0.3, 0.4) is 0 Å². The van der Waals surface area contributed by atoms with Crippen LogP contribution in [-0.4, -0.2) is 36.8 Å². The first-order valence-electron chi connectivity index (χ1n) is 11.5. The van der Waals surface area contributed by atoms with Gasteiger partial charge in [0.15, 0.2) is 9.84 Å². The second-order valence-corrected chi connectivity index (χ2v) is 10.8. The second kappa shape index (κ2) is 10.7. The van der Waals surface area contributed by atoms with Crippen molar-refractivity contribution < 1.29 is 13.2 Å². The van der Waals surface area contributed by atoms with E-state index in [1.165, 1.54) is 6.26 Å². The zero-order valence-corrected chi connectivity index (χ0v) is 21.4. The molecule has 8 nitrogen and oxygen atoms in total. The minimum absolute atomic E-state index is 0.202. The van der Waals surface area contributed by atoms with Gasteiger partial charge in [0.05, 0.1) is 10.4 Å². The lowest BCUT2D eigenvalue weighted by atomic mass is 10.1. The number of anilines is 1. The van der Waals surface area contributed by atoms with E-state index in [1.54, 1.807) is 49.8 Å². The number of hydrogen-bond donors (Lipinski definition) is 2. The lowest BCUT2D eigenvalue weighted by Crippen LogP contribution is -2.23. The Labute approximate surface area is 215 Å². The number of pyridine rings is 2. The SMILES string of the molecule is C=C(Cc1cnc2ccc(S(C)(=O)=O)cc2c1)N=C/C=C(\C)C(=O)NCc1ccc2c(N)nccc2c1. The van der Waals surface area contributed by atoms with Crippen LogP contribution in [0.2, 0.25) is 0 Å². The Kier molecular flexibility index (Phi) is 7.45. The van der Waals surface area contributed by atoms with Crippen LogP contribution in [0.15, 0.2) is 94.7 Å². The van der Waals surface area contributed by atoms with E-state index in [0.29, 0.717) is 35.6 Å². The summed E-state index contributed by atoms with van der Waals surface area (Å²) in [5, 5.41) is 5.48. The number of aliphatic imine (C=N–C) groups is 1. The van der Waals surface area contributed by atoms with Gasteiger partial charge in [-0.05, 0) is 65.9 Å². The molecule has 2 heterocycles. The number of carbonyl (C=O) groups excluding carboxylic acids is 1. The summed E-state index contributed by atoms with van der Waals surface area (Å²) in [5.74, 6) is 0.275. The minimum atomic E-state index is -3.30. The monoisotopic (exact) mass is 513 g/mol. The Bertz CT molecular complexity index is 1690. The molecule has 3 N–H and O–H groups in total. The first-order valence-corrected chi connectivity index (χ1v) is 13.4. The van der Waals surface area contributed by atoms with Gasteiger partial charge in [-0.1, -0.05) is 18.7 Å². The van der Waals surface area contributed by atoms with Crippen molar-refractivity contribution in [2.45, 2.75) is 24.8 Å². The van der Waals surface area contributed by atoms with Crippen molar-refractivity contribution in [1.29, 1.82) is 0 Å². The Balaban J connectivity index is 1.34. The summed E-state index contributed by atoms with van der Waals surface area (Å²) < 4.78 is 23.7. The number of carbonyl (C=O) groups is 1. The van der Waals surface area contributed by atoms with Crippen molar-refractivity contribution in [2.75, 3.05) is 12.0 Å². The van der Waals surface area contributed by atoms with Gasteiger partial charge in [0.25, 0.3) is 0 Å². The number of nitrogen functional groups attached to an aromatic ring is 1. The molecule has 0 aliphatic rings. The van der Waals surface area contributed by atoms with E-state index in [9.17, 15) is 13.2 Å². The fraction of sp³-hybridized carbons (Fsp3) is 0.143. The second-order valence-electron chi connectivity index (χ2n) is 8.78. The van der Waals surface area contributed by atoms with Crippen LogP contribution in [0.4, 0.5) is 5.82 Å². The number of rotatable bonds is 8. The van der Waals surface area contributed by atoms with Crippen LogP contribution >= 0.6 is 0 Å². The molecule has 37 heavy (non-hydrogen) atoms. The highest BCUT2D eigenvalue weighted by Crippen LogP contribution is 2.21. The van der Waals surface area contributed by atoms with Gasteiger partial charge in [-0.15, -0.1) is 0 Å². The molecule has 4 rings (SSSR count). The number of sulfone groups is 1. The lowest BCUT2D eigenvalue weighted by Gasteiger charge is -2.07. The average molecular weight is 514 g/mol. The molecule has 2 aromatic carbocycles. The van der Waals surface area contributed by atoms with Gasteiger partial charge in [0.2, 0.25) is 5.91 Å². The third-order valence-corrected chi connectivity index (χ3v) is 6.91. The molecule has 188 valence electrons. The Morgan fingerprint density at radius 1 is 1.08 bits per heavy atom. The zero-order valence-electron chi connectivity index (χ0n) is 20.6. The van der Waals surface area contributed by atoms with Crippen molar-refractivity contribution in [3.63, 3.8) is 0 Å². The molecule has 0 fully saturated rings. The van der Waals surface area contributed by atoms with E-state index >= 15 is 0 Å². The maximum Gasteiger partial charge on any atom is 0.247 e. The summed E-state index contributed by atoms with van der Waals surface area (Å²) in [4.78, 5) is 25.5. The number of fused-ring (bicyclic) bond motifs is 2. The average Bonchev–Trinajstić information content (AvgIpc) is 2.86. The third-order valence-electron chi connectivity index (χ3n) is 5.80. The van der Waals surface area contributed by atoms with Crippen molar-refractivity contribution >= 4 is 49.5 Å². The van der Waals surface area contributed by atoms with E-state index in [2.05, 4.69) is 26.9 Å². The standard InChI is InChI=1S/C28H27N5O3S/c1-18(28(34)33-16-20-4-6-25-22(13-20)9-11-31-27(25)29)8-10-30-19(2)12-21-14-23-15-24(37(3,35)36)5-7-26(23)32-17-21/h4-11,13-15,17H,2,12,16H2,1,3H3,(H2,29,31)(H,33,34)/b18-8+,30-10?. The maximum absolute atomic E-state index is 12.5. The van der Waals surface area contributed by atoms with Crippen LogP contribution in [0.5, 0.6) is 0 Å². The summed E-state index contributed by atoms with van der Waals surface area (Å²) in [5.41, 5.74) is 9.49. The summed E-state index contributed by atoms with van der Waals surface area (Å²) in [7, 11) is -3.30. The molecule has 0 unspecified atom stereocenters. The van der Waals surface area contributed by atoms with Crippen molar-refractivity contribution in [3.05, 3.63) is 96.0 Å². The molecule has 9 heteroatoms. The van der Waals surface area contributed by atoms with Gasteiger partial charge in [-0.25, -0.2) is 13.4 Å². The van der Waals surface area contributed by atoms with E-state index in [4.69, 9.17) is 5.73 Å². The number of allylic oxidation sites excluding steroid dienone is 2. The van der Waals surface area contributed by atoms with E-state index < -0.39 is 9.84 Å². The Hall–Kier alpha value is -4.37. The molecule has 0 saturated heterocycles. The molecule has 0 atom stereocenters. The van der Waals surface area contributed by atoms with Crippen LogP contribution in [0.25, 0.3) is 21.7 Å². The smallest absolute Gasteiger partial charge is 0.247 e. The number of hydrogen-bond acceptors (Lipinski definition) is 7. The van der Waals surface area contributed by atoms with Gasteiger partial charge >= 0.3 is 0 Å². The molecule has 0 aliphatic carbocycles. The van der Waals surface area contributed by atoms with E-state index in [0.717, 1.165) is 27.3 Å². The predicted octanol–water partition coefficient (Wildman–Crippen LogP) is 4.16. The van der Waals surface area contributed by atoms with E-state index in [-0.39, 0.29) is 10.8 Å². The van der Waals surface area contributed by atoms with Crippen molar-refractivity contribution in [1.82, 2.24) is 15.3 Å². The van der Waals surface area contributed by atoms with Crippen molar-refractivity contribution in [2.24, 2.45) is 4.99 Å². The molecule has 0 bridgehead atoms. The number of nitrogens with zero attached hydrogens (tertiary/aromatic N) is 3. The normalized spacial score (nSPS) is 12.3. The first kappa shape index (κ1) is 25.7. The van der Waals surface area contributed by atoms with Gasteiger partial charge in [0, 0.05) is 59.9 Å². The lowest BCUT2D eigenvalue weighted by molar-refractivity contribution is -0.117. The molecule has 0 spiro atoms. The minimum Gasteiger partial charge on any atom is -0.383 e. The molecule has 1 amide bonds. The molecule has 0 saturated carbocycles. The fourth-order valence-electron chi connectivity index (χ4n) is 3.78. The summed E-state index contributed by atoms with van der Waals surface area (Å²) in [6.07, 6.45) is 8.16. The topological polar surface area (TPSA) is 127 Å².